The maximum Gasteiger partial charge on any atom is 0.205 e. The smallest absolute Gasteiger partial charge is 0.205 e. The topological polar surface area (TPSA) is 67.6 Å². The molecule has 0 N–H and O–H groups in total. The van der Waals surface area contributed by atoms with Gasteiger partial charge in [0, 0.05) is 11.4 Å². The number of rotatable bonds is 5. The minimum atomic E-state index is 0.631. The number of aromatic nitrogens is 3. The van der Waals surface area contributed by atoms with Crippen molar-refractivity contribution in [2.24, 2.45) is 0 Å². The normalized spacial score (nSPS) is 10.7. The number of nitrogens with zero attached hydrogens (tertiary/aromatic N) is 4. The summed E-state index contributed by atoms with van der Waals surface area (Å²) < 4.78 is 7.53. The molecule has 27 heavy (non-hydrogen) atoms. The van der Waals surface area contributed by atoms with Crippen LogP contribution in [0.2, 0.25) is 0 Å². The van der Waals surface area contributed by atoms with Crippen LogP contribution in [0.25, 0.3) is 17.3 Å². The van der Waals surface area contributed by atoms with Crippen LogP contribution in [0.15, 0.2) is 76.5 Å². The lowest BCUT2D eigenvalue weighted by Crippen LogP contribution is -1.99. The van der Waals surface area contributed by atoms with E-state index < -0.39 is 0 Å². The molecular weight excluding hydrogens is 356 g/mol. The summed E-state index contributed by atoms with van der Waals surface area (Å²) in [6.45, 7) is 2.05. The van der Waals surface area contributed by atoms with Crippen LogP contribution in [-0.2, 0) is 5.75 Å². The van der Waals surface area contributed by atoms with E-state index in [1.54, 1.807) is 18.0 Å². The highest BCUT2D eigenvalue weighted by Gasteiger charge is 2.18. The lowest BCUT2D eigenvalue weighted by atomic mass is 10.1. The van der Waals surface area contributed by atoms with E-state index in [1.807, 2.05) is 53.1 Å². The predicted molar refractivity (Wildman–Crippen MR) is 105 cm³/mol. The van der Waals surface area contributed by atoms with Crippen molar-refractivity contribution in [1.82, 2.24) is 14.8 Å². The second kappa shape index (κ2) is 7.52. The molecule has 0 amide bonds. The first kappa shape index (κ1) is 17.1. The van der Waals surface area contributed by atoms with E-state index in [-0.39, 0.29) is 0 Å². The van der Waals surface area contributed by atoms with E-state index in [4.69, 9.17) is 4.42 Å². The number of benzene rings is 2. The first-order valence-electron chi connectivity index (χ1n) is 8.43. The Balaban J connectivity index is 1.72. The Labute approximate surface area is 161 Å². The number of furan rings is 1. The van der Waals surface area contributed by atoms with Gasteiger partial charge in [0.05, 0.1) is 17.9 Å². The van der Waals surface area contributed by atoms with E-state index in [0.717, 1.165) is 16.4 Å². The van der Waals surface area contributed by atoms with Crippen LogP contribution in [0.4, 0.5) is 0 Å². The van der Waals surface area contributed by atoms with Crippen molar-refractivity contribution in [3.63, 3.8) is 0 Å². The minimum absolute atomic E-state index is 0.631. The molecule has 0 bridgehead atoms. The van der Waals surface area contributed by atoms with E-state index in [9.17, 15) is 5.26 Å². The molecule has 0 saturated heterocycles. The van der Waals surface area contributed by atoms with Crippen LogP contribution < -0.4 is 0 Å². The zero-order valence-corrected chi connectivity index (χ0v) is 15.5. The van der Waals surface area contributed by atoms with Crippen molar-refractivity contribution in [3.05, 3.63) is 83.6 Å². The van der Waals surface area contributed by atoms with Crippen LogP contribution >= 0.6 is 11.8 Å². The standard InChI is InChI=1S/C21H16N4OS/c1-15-8-10-18(11-9-15)25-20(19-7-4-12-26-19)23-24-21(25)27-14-17-6-3-2-5-16(17)13-22/h2-12H,14H2,1H3. The Morgan fingerprint density at radius 1 is 1.04 bits per heavy atom. The van der Waals surface area contributed by atoms with E-state index in [0.29, 0.717) is 22.9 Å². The van der Waals surface area contributed by atoms with Crippen molar-refractivity contribution in [2.45, 2.75) is 17.8 Å². The van der Waals surface area contributed by atoms with E-state index >= 15 is 0 Å². The third-order valence-corrected chi connectivity index (χ3v) is 5.14. The highest BCUT2D eigenvalue weighted by molar-refractivity contribution is 7.98. The fourth-order valence-electron chi connectivity index (χ4n) is 2.75. The maximum absolute atomic E-state index is 9.30. The Kier molecular flexibility index (Phi) is 4.77. The molecule has 4 rings (SSSR count). The van der Waals surface area contributed by atoms with Crippen molar-refractivity contribution in [1.29, 1.82) is 5.26 Å². The van der Waals surface area contributed by atoms with Crippen LogP contribution in [0.5, 0.6) is 0 Å². The monoisotopic (exact) mass is 372 g/mol. The lowest BCUT2D eigenvalue weighted by Gasteiger charge is -2.10. The summed E-state index contributed by atoms with van der Waals surface area (Å²) in [7, 11) is 0. The molecule has 0 aliphatic heterocycles. The Bertz CT molecular complexity index is 1090. The molecular formula is C21H16N4OS. The molecule has 0 atom stereocenters. The summed E-state index contributed by atoms with van der Waals surface area (Å²) in [4.78, 5) is 0. The molecule has 2 aromatic carbocycles. The summed E-state index contributed by atoms with van der Waals surface area (Å²) in [6, 6.07) is 21.7. The predicted octanol–water partition coefficient (Wildman–Crippen LogP) is 5.00. The van der Waals surface area contributed by atoms with Crippen LogP contribution in [0, 0.1) is 18.3 Å². The van der Waals surface area contributed by atoms with Crippen molar-refractivity contribution in [3.8, 4) is 23.3 Å². The van der Waals surface area contributed by atoms with E-state index in [2.05, 4.69) is 35.3 Å². The SMILES string of the molecule is Cc1ccc(-n2c(SCc3ccccc3C#N)nnc2-c2ccco2)cc1. The molecule has 0 unspecified atom stereocenters. The van der Waals surface area contributed by atoms with Gasteiger partial charge in [-0.3, -0.25) is 4.57 Å². The first-order chi connectivity index (χ1) is 13.3. The summed E-state index contributed by atoms with van der Waals surface area (Å²) in [6.07, 6.45) is 1.62. The number of hydrogen-bond acceptors (Lipinski definition) is 5. The highest BCUT2D eigenvalue weighted by Crippen LogP contribution is 2.30. The number of hydrogen-bond donors (Lipinski definition) is 0. The van der Waals surface area contributed by atoms with Crippen LogP contribution in [0.1, 0.15) is 16.7 Å². The van der Waals surface area contributed by atoms with Gasteiger partial charge in [-0.2, -0.15) is 5.26 Å². The van der Waals surface area contributed by atoms with Gasteiger partial charge in [-0.1, -0.05) is 47.7 Å². The molecule has 0 radical (unpaired) electrons. The molecule has 0 fully saturated rings. The van der Waals surface area contributed by atoms with Gasteiger partial charge in [0.15, 0.2) is 10.9 Å². The van der Waals surface area contributed by atoms with Crippen LogP contribution in [-0.4, -0.2) is 14.8 Å². The van der Waals surface area contributed by atoms with Gasteiger partial charge in [0.1, 0.15) is 0 Å². The molecule has 2 heterocycles. The quantitative estimate of drug-likeness (QED) is 0.461. The van der Waals surface area contributed by atoms with Crippen molar-refractivity contribution in [2.75, 3.05) is 0 Å². The molecule has 5 nitrogen and oxygen atoms in total. The Morgan fingerprint density at radius 2 is 1.85 bits per heavy atom. The molecule has 2 aromatic heterocycles. The van der Waals surface area contributed by atoms with Gasteiger partial charge < -0.3 is 4.42 Å². The van der Waals surface area contributed by atoms with Crippen LogP contribution in [0.3, 0.4) is 0 Å². The zero-order chi connectivity index (χ0) is 18.6. The van der Waals surface area contributed by atoms with Crippen molar-refractivity contribution >= 4 is 11.8 Å². The highest BCUT2D eigenvalue weighted by atomic mass is 32.2. The maximum atomic E-state index is 9.30. The van der Waals surface area contributed by atoms with Gasteiger partial charge in [-0.25, -0.2) is 0 Å². The first-order valence-corrected chi connectivity index (χ1v) is 9.42. The second-order valence-electron chi connectivity index (χ2n) is 6.01. The van der Waals surface area contributed by atoms with Gasteiger partial charge in [0.25, 0.3) is 0 Å². The van der Waals surface area contributed by atoms with E-state index in [1.165, 1.54) is 5.56 Å². The number of thioether (sulfide) groups is 1. The molecule has 0 aliphatic carbocycles. The Hall–Kier alpha value is -3.30. The molecule has 0 aliphatic rings. The Morgan fingerprint density at radius 3 is 2.59 bits per heavy atom. The molecule has 4 aromatic rings. The number of aryl methyl sites for hydroxylation is 1. The molecule has 6 heteroatoms. The number of nitriles is 1. The molecule has 132 valence electrons. The average molecular weight is 372 g/mol. The van der Waals surface area contributed by atoms with Gasteiger partial charge >= 0.3 is 0 Å². The zero-order valence-electron chi connectivity index (χ0n) is 14.7. The second-order valence-corrected chi connectivity index (χ2v) is 6.95. The largest absolute Gasteiger partial charge is 0.461 e. The summed E-state index contributed by atoms with van der Waals surface area (Å²) in [5, 5.41) is 18.8. The fourth-order valence-corrected chi connectivity index (χ4v) is 3.71. The lowest BCUT2D eigenvalue weighted by molar-refractivity contribution is 0.575. The summed E-state index contributed by atoms with van der Waals surface area (Å²) in [5.41, 5.74) is 3.80. The van der Waals surface area contributed by atoms with Gasteiger partial charge in [0.2, 0.25) is 5.82 Å². The third-order valence-electron chi connectivity index (χ3n) is 4.16. The summed E-state index contributed by atoms with van der Waals surface area (Å²) in [5.74, 6) is 1.94. The van der Waals surface area contributed by atoms with Crippen molar-refractivity contribution < 1.29 is 4.42 Å². The third kappa shape index (κ3) is 3.50. The average Bonchev–Trinajstić information content (AvgIpc) is 3.37. The summed E-state index contributed by atoms with van der Waals surface area (Å²) >= 11 is 1.54. The molecule has 0 saturated carbocycles. The van der Waals surface area contributed by atoms with Gasteiger partial charge in [-0.15, -0.1) is 10.2 Å². The fraction of sp³-hybridized carbons (Fsp3) is 0.0952. The minimum Gasteiger partial charge on any atom is -0.461 e. The molecule has 0 spiro atoms. The van der Waals surface area contributed by atoms with Gasteiger partial charge in [-0.05, 0) is 42.8 Å².